The van der Waals surface area contributed by atoms with Crippen LogP contribution in [0.25, 0.3) is 0 Å². The van der Waals surface area contributed by atoms with Gasteiger partial charge in [-0.05, 0) is 50.0 Å². The smallest absolute Gasteiger partial charge is 0.254 e. The molecule has 1 heterocycles. The number of amides is 1. The molecule has 0 aliphatic carbocycles. The number of rotatable bonds is 5. The lowest BCUT2D eigenvalue weighted by Gasteiger charge is -2.29. The van der Waals surface area contributed by atoms with Gasteiger partial charge in [-0.1, -0.05) is 13.3 Å². The summed E-state index contributed by atoms with van der Waals surface area (Å²) in [4.78, 5) is 14.4. The van der Waals surface area contributed by atoms with Gasteiger partial charge in [0.1, 0.15) is 5.82 Å². The fourth-order valence-electron chi connectivity index (χ4n) is 2.72. The first-order valence-corrected chi connectivity index (χ1v) is 7.62. The molecule has 0 bridgehead atoms. The van der Waals surface area contributed by atoms with Crippen LogP contribution in [0.1, 0.15) is 36.5 Å². The maximum atomic E-state index is 13.6. The zero-order valence-electron chi connectivity index (χ0n) is 12.6. The molecule has 21 heavy (non-hydrogen) atoms. The Bertz CT molecular complexity index is 486. The van der Waals surface area contributed by atoms with Crippen molar-refractivity contribution >= 4 is 11.6 Å². The summed E-state index contributed by atoms with van der Waals surface area (Å²) in [6, 6.07) is 4.14. The van der Waals surface area contributed by atoms with Gasteiger partial charge < -0.3 is 16.0 Å². The van der Waals surface area contributed by atoms with Gasteiger partial charge in [-0.2, -0.15) is 0 Å². The van der Waals surface area contributed by atoms with E-state index in [9.17, 15) is 9.18 Å². The maximum Gasteiger partial charge on any atom is 0.254 e. The van der Waals surface area contributed by atoms with Gasteiger partial charge in [0.05, 0.1) is 5.56 Å². The number of benzene rings is 1. The van der Waals surface area contributed by atoms with Crippen molar-refractivity contribution in [3.05, 3.63) is 29.6 Å². The van der Waals surface area contributed by atoms with Crippen molar-refractivity contribution in [3.8, 4) is 0 Å². The predicted molar refractivity (Wildman–Crippen MR) is 82.6 cm³/mol. The Kier molecular flexibility index (Phi) is 5.56. The van der Waals surface area contributed by atoms with Crippen molar-refractivity contribution in [2.75, 3.05) is 31.9 Å². The van der Waals surface area contributed by atoms with Crippen molar-refractivity contribution in [2.45, 2.75) is 26.2 Å². The summed E-state index contributed by atoms with van der Waals surface area (Å²) < 4.78 is 13.6. The first-order chi connectivity index (χ1) is 10.1. The molecule has 0 saturated carbocycles. The zero-order chi connectivity index (χ0) is 15.2. The highest BCUT2D eigenvalue weighted by atomic mass is 19.1. The van der Waals surface area contributed by atoms with Gasteiger partial charge in [0.25, 0.3) is 5.91 Å². The molecule has 4 nitrogen and oxygen atoms in total. The van der Waals surface area contributed by atoms with Crippen LogP contribution in [-0.2, 0) is 0 Å². The molecule has 1 aromatic rings. The summed E-state index contributed by atoms with van der Waals surface area (Å²) in [7, 11) is 0. The van der Waals surface area contributed by atoms with Crippen LogP contribution >= 0.6 is 0 Å². The molecule has 1 amide bonds. The van der Waals surface area contributed by atoms with E-state index >= 15 is 0 Å². The summed E-state index contributed by atoms with van der Waals surface area (Å²) in [5, 5.41) is 2.80. The monoisotopic (exact) mass is 293 g/mol. The Morgan fingerprint density at radius 3 is 2.76 bits per heavy atom. The molecule has 1 atom stereocenters. The molecule has 116 valence electrons. The second-order valence-corrected chi connectivity index (χ2v) is 5.92. The van der Waals surface area contributed by atoms with Gasteiger partial charge in [-0.25, -0.2) is 4.39 Å². The number of nitrogens with two attached hydrogens (primary N) is 1. The van der Waals surface area contributed by atoms with E-state index in [-0.39, 0.29) is 11.5 Å². The number of nitrogens with one attached hydrogen (secondary N) is 1. The molecule has 5 heteroatoms. The highest BCUT2D eigenvalue weighted by Gasteiger charge is 2.16. The van der Waals surface area contributed by atoms with Crippen molar-refractivity contribution < 1.29 is 9.18 Å². The van der Waals surface area contributed by atoms with Gasteiger partial charge >= 0.3 is 0 Å². The third kappa shape index (κ3) is 4.70. The van der Waals surface area contributed by atoms with Crippen LogP contribution in [0.2, 0.25) is 0 Å². The summed E-state index contributed by atoms with van der Waals surface area (Å²) in [5.41, 5.74) is 5.85. The third-order valence-electron chi connectivity index (χ3n) is 3.87. The molecule has 0 spiro atoms. The van der Waals surface area contributed by atoms with Crippen molar-refractivity contribution in [1.29, 1.82) is 0 Å². The Balaban J connectivity index is 1.80. The molecule has 1 unspecified atom stereocenters. The number of likely N-dealkylation sites (tertiary alicyclic amines) is 1. The number of nitrogen functional groups attached to an aromatic ring is 1. The van der Waals surface area contributed by atoms with Crippen LogP contribution in [-0.4, -0.2) is 37.0 Å². The topological polar surface area (TPSA) is 58.4 Å². The maximum absolute atomic E-state index is 13.6. The largest absolute Gasteiger partial charge is 0.399 e. The molecule has 0 radical (unpaired) electrons. The standard InChI is InChI=1S/C16H24FN3O/c1-12(11-20-7-3-2-4-8-20)10-19-16(21)14-6-5-13(18)9-15(14)17/h5-6,9,12H,2-4,7-8,10-11,18H2,1H3,(H,19,21). The minimum atomic E-state index is -0.573. The van der Waals surface area contributed by atoms with Gasteiger partial charge in [0.15, 0.2) is 0 Å². The Labute approximate surface area is 125 Å². The summed E-state index contributed by atoms with van der Waals surface area (Å²) >= 11 is 0. The van der Waals surface area contributed by atoms with Crippen LogP contribution < -0.4 is 11.1 Å². The van der Waals surface area contributed by atoms with Gasteiger partial charge in [-0.15, -0.1) is 0 Å². The molecule has 0 aromatic heterocycles. The van der Waals surface area contributed by atoms with Crippen LogP contribution in [0.3, 0.4) is 0 Å². The summed E-state index contributed by atoms with van der Waals surface area (Å²) in [6.07, 6.45) is 3.84. The Morgan fingerprint density at radius 2 is 2.10 bits per heavy atom. The molecule has 3 N–H and O–H groups in total. The average Bonchev–Trinajstić information content (AvgIpc) is 2.46. The van der Waals surface area contributed by atoms with E-state index in [1.54, 1.807) is 0 Å². The molecule has 2 rings (SSSR count). The molecule has 1 aliphatic heterocycles. The van der Waals surface area contributed by atoms with E-state index in [4.69, 9.17) is 5.73 Å². The lowest BCUT2D eigenvalue weighted by Crippen LogP contribution is -2.38. The summed E-state index contributed by atoms with van der Waals surface area (Å²) in [5.74, 6) is -0.599. The van der Waals surface area contributed by atoms with Crippen LogP contribution in [0.5, 0.6) is 0 Å². The van der Waals surface area contributed by atoms with Crippen molar-refractivity contribution in [1.82, 2.24) is 10.2 Å². The van der Waals surface area contributed by atoms with Crippen LogP contribution in [0.15, 0.2) is 18.2 Å². The van der Waals surface area contributed by atoms with E-state index in [0.717, 1.165) is 19.6 Å². The van der Waals surface area contributed by atoms with Gasteiger partial charge in [-0.3, -0.25) is 4.79 Å². The second-order valence-electron chi connectivity index (χ2n) is 5.92. The number of nitrogens with zero attached hydrogens (tertiary/aromatic N) is 1. The number of hydrogen-bond acceptors (Lipinski definition) is 3. The second kappa shape index (κ2) is 7.41. The van der Waals surface area contributed by atoms with E-state index in [1.165, 1.54) is 37.5 Å². The van der Waals surface area contributed by atoms with Crippen LogP contribution in [0.4, 0.5) is 10.1 Å². The number of piperidine rings is 1. The summed E-state index contributed by atoms with van der Waals surface area (Å²) in [6.45, 7) is 5.92. The molecule has 1 fully saturated rings. The van der Waals surface area contributed by atoms with E-state index in [2.05, 4.69) is 17.1 Å². The lowest BCUT2D eigenvalue weighted by molar-refractivity contribution is 0.0938. The van der Waals surface area contributed by atoms with Gasteiger partial charge in [0, 0.05) is 18.8 Å². The highest BCUT2D eigenvalue weighted by molar-refractivity contribution is 5.94. The molecular weight excluding hydrogens is 269 g/mol. The molecule has 1 saturated heterocycles. The van der Waals surface area contributed by atoms with Crippen molar-refractivity contribution in [2.24, 2.45) is 5.92 Å². The normalized spacial score (nSPS) is 17.4. The first kappa shape index (κ1) is 15.8. The number of hydrogen-bond donors (Lipinski definition) is 2. The molecule has 1 aromatic carbocycles. The van der Waals surface area contributed by atoms with E-state index < -0.39 is 5.82 Å². The fourth-order valence-corrected chi connectivity index (χ4v) is 2.72. The average molecular weight is 293 g/mol. The number of anilines is 1. The number of carbonyl (C=O) groups excluding carboxylic acids is 1. The van der Waals surface area contributed by atoms with E-state index in [0.29, 0.717) is 18.2 Å². The van der Waals surface area contributed by atoms with Crippen molar-refractivity contribution in [3.63, 3.8) is 0 Å². The van der Waals surface area contributed by atoms with Crippen LogP contribution in [0, 0.1) is 11.7 Å². The minimum absolute atomic E-state index is 0.0503. The molecule has 1 aliphatic rings. The highest BCUT2D eigenvalue weighted by Crippen LogP contribution is 2.13. The zero-order valence-corrected chi connectivity index (χ0v) is 12.6. The first-order valence-electron chi connectivity index (χ1n) is 7.62. The lowest BCUT2D eigenvalue weighted by atomic mass is 10.1. The predicted octanol–water partition coefficient (Wildman–Crippen LogP) is 2.26. The Hall–Kier alpha value is -1.62. The number of carbonyl (C=O) groups is 1. The van der Waals surface area contributed by atoms with E-state index in [1.807, 2.05) is 0 Å². The third-order valence-corrected chi connectivity index (χ3v) is 3.87. The van der Waals surface area contributed by atoms with Gasteiger partial charge in [0.2, 0.25) is 0 Å². The fraction of sp³-hybridized carbons (Fsp3) is 0.562. The minimum Gasteiger partial charge on any atom is -0.399 e. The number of halogens is 1. The molecular formula is C16H24FN3O. The SMILES string of the molecule is CC(CNC(=O)c1ccc(N)cc1F)CN1CCCCC1. The quantitative estimate of drug-likeness (QED) is 0.819. The Morgan fingerprint density at radius 1 is 1.38 bits per heavy atom.